The van der Waals surface area contributed by atoms with Crippen LogP contribution in [0.25, 0.3) is 0 Å². The average molecular weight is 292 g/mol. The molecule has 0 saturated carbocycles. The average Bonchev–Trinajstić information content (AvgIpc) is 2.94. The zero-order valence-electron chi connectivity index (χ0n) is 13.2. The van der Waals surface area contributed by atoms with Crippen LogP contribution in [0.1, 0.15) is 34.0 Å². The van der Waals surface area contributed by atoms with Gasteiger partial charge in [-0.15, -0.1) is 10.2 Å². The van der Waals surface area contributed by atoms with E-state index in [2.05, 4.69) is 71.7 Å². The van der Waals surface area contributed by atoms with E-state index in [1.54, 1.807) is 7.05 Å². The van der Waals surface area contributed by atoms with Crippen molar-refractivity contribution in [1.29, 1.82) is 0 Å². The van der Waals surface area contributed by atoms with Crippen molar-refractivity contribution in [3.8, 4) is 0 Å². The third-order valence-corrected chi connectivity index (χ3v) is 3.95. The summed E-state index contributed by atoms with van der Waals surface area (Å²) in [5, 5.41) is 12.5. The number of hydrogen-bond acceptors (Lipinski definition) is 3. The van der Waals surface area contributed by atoms with E-state index in [0.29, 0.717) is 0 Å². The van der Waals surface area contributed by atoms with Gasteiger partial charge in [-0.25, -0.2) is 0 Å². The molecule has 0 fully saturated rings. The molecule has 3 rings (SSSR count). The Kier molecular flexibility index (Phi) is 4.00. The van der Waals surface area contributed by atoms with Gasteiger partial charge in [0.25, 0.3) is 0 Å². The predicted molar refractivity (Wildman–Crippen MR) is 86.7 cm³/mol. The van der Waals surface area contributed by atoms with Crippen molar-refractivity contribution >= 4 is 0 Å². The molecule has 0 spiro atoms. The Bertz CT molecular complexity index is 762. The lowest BCUT2D eigenvalue weighted by Crippen LogP contribution is -2.09. The lowest BCUT2D eigenvalue weighted by molar-refractivity contribution is 0.625. The smallest absolute Gasteiger partial charge is 0.167 e. The minimum absolute atomic E-state index is 0.241. The van der Waals surface area contributed by atoms with Crippen molar-refractivity contribution in [2.24, 2.45) is 7.05 Å². The lowest BCUT2D eigenvalue weighted by Gasteiger charge is -2.19. The molecule has 1 heterocycles. The van der Waals surface area contributed by atoms with Crippen LogP contribution in [0.3, 0.4) is 0 Å². The zero-order valence-corrected chi connectivity index (χ0v) is 13.2. The second-order valence-corrected chi connectivity index (χ2v) is 5.72. The van der Waals surface area contributed by atoms with E-state index in [1.165, 1.54) is 27.1 Å². The van der Waals surface area contributed by atoms with Crippen LogP contribution in [0.5, 0.6) is 0 Å². The number of tetrazole rings is 1. The fraction of sp³-hybridized carbons (Fsp3) is 0.278. The highest BCUT2D eigenvalue weighted by Crippen LogP contribution is 2.30. The highest BCUT2D eigenvalue weighted by Gasteiger charge is 2.19. The van der Waals surface area contributed by atoms with Crippen LogP contribution in [0.15, 0.2) is 48.5 Å². The Hall–Kier alpha value is -2.49. The van der Waals surface area contributed by atoms with Crippen molar-refractivity contribution in [3.63, 3.8) is 0 Å². The molecule has 0 aliphatic carbocycles. The van der Waals surface area contributed by atoms with Crippen LogP contribution in [0, 0.1) is 13.8 Å². The van der Waals surface area contributed by atoms with E-state index in [-0.39, 0.29) is 5.92 Å². The number of aryl methyl sites for hydroxylation is 3. The number of aromatic nitrogens is 4. The van der Waals surface area contributed by atoms with Gasteiger partial charge in [0.2, 0.25) is 0 Å². The van der Waals surface area contributed by atoms with Gasteiger partial charge in [-0.1, -0.05) is 54.1 Å². The van der Waals surface area contributed by atoms with Gasteiger partial charge < -0.3 is 0 Å². The number of benzene rings is 2. The number of rotatable bonds is 4. The van der Waals surface area contributed by atoms with Gasteiger partial charge in [0.1, 0.15) is 0 Å². The van der Waals surface area contributed by atoms with E-state index < -0.39 is 0 Å². The maximum Gasteiger partial charge on any atom is 0.175 e. The summed E-state index contributed by atoms with van der Waals surface area (Å²) in [5.41, 5.74) is 5.18. The number of hydrogen-bond donors (Lipinski definition) is 0. The van der Waals surface area contributed by atoms with Crippen LogP contribution in [0.4, 0.5) is 0 Å². The molecule has 0 bridgehead atoms. The molecule has 22 heavy (non-hydrogen) atoms. The van der Waals surface area contributed by atoms with E-state index in [9.17, 15) is 0 Å². The summed E-state index contributed by atoms with van der Waals surface area (Å²) in [5.74, 6) is 1.02. The van der Waals surface area contributed by atoms with Crippen molar-refractivity contribution < 1.29 is 0 Å². The summed E-state index contributed by atoms with van der Waals surface area (Å²) < 4.78 is 0. The van der Waals surface area contributed by atoms with E-state index in [0.717, 1.165) is 12.2 Å². The maximum atomic E-state index is 4.35. The quantitative estimate of drug-likeness (QED) is 0.741. The van der Waals surface area contributed by atoms with Crippen molar-refractivity contribution in [1.82, 2.24) is 20.2 Å². The highest BCUT2D eigenvalue weighted by molar-refractivity contribution is 5.40. The molecular weight excluding hydrogens is 272 g/mol. The van der Waals surface area contributed by atoms with Crippen molar-refractivity contribution in [2.75, 3.05) is 0 Å². The first-order valence-corrected chi connectivity index (χ1v) is 7.48. The standard InChI is InChI=1S/C18H20N4/c1-13-9-10-14(2)16(11-13)17(15-7-5-4-6-8-15)12-18-19-21-22(3)20-18/h4-11,17H,12H2,1-3H3. The molecular formula is C18H20N4. The van der Waals surface area contributed by atoms with E-state index >= 15 is 0 Å². The van der Waals surface area contributed by atoms with Gasteiger partial charge in [-0.05, 0) is 35.8 Å². The molecule has 0 amide bonds. The molecule has 0 saturated heterocycles. The molecule has 3 aromatic rings. The van der Waals surface area contributed by atoms with Crippen LogP contribution < -0.4 is 0 Å². The molecule has 1 atom stereocenters. The Morgan fingerprint density at radius 1 is 1.05 bits per heavy atom. The summed E-state index contributed by atoms with van der Waals surface area (Å²) in [6, 6.07) is 17.2. The molecule has 0 aliphatic rings. The van der Waals surface area contributed by atoms with Crippen molar-refractivity contribution in [3.05, 3.63) is 76.6 Å². The van der Waals surface area contributed by atoms with Crippen molar-refractivity contribution in [2.45, 2.75) is 26.2 Å². The molecule has 112 valence electrons. The summed E-state index contributed by atoms with van der Waals surface area (Å²) >= 11 is 0. The van der Waals surface area contributed by atoms with Crippen LogP contribution in [-0.4, -0.2) is 20.2 Å². The van der Waals surface area contributed by atoms with Crippen LogP contribution >= 0.6 is 0 Å². The van der Waals surface area contributed by atoms with Gasteiger partial charge >= 0.3 is 0 Å². The Balaban J connectivity index is 2.04. The SMILES string of the molecule is Cc1ccc(C)c(C(Cc2nnn(C)n2)c2ccccc2)c1. The zero-order chi connectivity index (χ0) is 15.5. The fourth-order valence-corrected chi connectivity index (χ4v) is 2.82. The summed E-state index contributed by atoms with van der Waals surface area (Å²) in [6.07, 6.45) is 0.752. The van der Waals surface area contributed by atoms with Gasteiger partial charge in [-0.2, -0.15) is 4.80 Å². The lowest BCUT2D eigenvalue weighted by atomic mass is 9.85. The third-order valence-electron chi connectivity index (χ3n) is 3.95. The summed E-state index contributed by atoms with van der Waals surface area (Å²) in [4.78, 5) is 1.51. The first kappa shape index (κ1) is 14.4. The minimum Gasteiger partial charge on any atom is -0.167 e. The highest BCUT2D eigenvalue weighted by atomic mass is 15.6. The molecule has 0 aliphatic heterocycles. The van der Waals surface area contributed by atoms with Gasteiger partial charge in [-0.3, -0.25) is 0 Å². The van der Waals surface area contributed by atoms with Gasteiger partial charge in [0.15, 0.2) is 5.82 Å². The van der Waals surface area contributed by atoms with Gasteiger partial charge in [0, 0.05) is 12.3 Å². The Labute approximate surface area is 130 Å². The normalized spacial score (nSPS) is 12.3. The fourth-order valence-electron chi connectivity index (χ4n) is 2.82. The summed E-state index contributed by atoms with van der Waals surface area (Å²) in [6.45, 7) is 4.29. The topological polar surface area (TPSA) is 43.6 Å². The first-order valence-electron chi connectivity index (χ1n) is 7.48. The van der Waals surface area contributed by atoms with Crippen LogP contribution in [-0.2, 0) is 13.5 Å². The third kappa shape index (κ3) is 3.06. The maximum absolute atomic E-state index is 4.35. The molecule has 4 heteroatoms. The predicted octanol–water partition coefficient (Wildman–Crippen LogP) is 3.20. The molecule has 4 nitrogen and oxygen atoms in total. The minimum atomic E-state index is 0.241. The molecule has 0 radical (unpaired) electrons. The van der Waals surface area contributed by atoms with E-state index in [4.69, 9.17) is 0 Å². The monoisotopic (exact) mass is 292 g/mol. The first-order chi connectivity index (χ1) is 10.6. The molecule has 0 N–H and O–H groups in total. The molecule has 2 aromatic carbocycles. The van der Waals surface area contributed by atoms with Gasteiger partial charge in [0.05, 0.1) is 7.05 Å². The molecule has 1 aromatic heterocycles. The van der Waals surface area contributed by atoms with Crippen LogP contribution in [0.2, 0.25) is 0 Å². The Morgan fingerprint density at radius 2 is 1.82 bits per heavy atom. The molecule has 1 unspecified atom stereocenters. The summed E-state index contributed by atoms with van der Waals surface area (Å²) in [7, 11) is 1.80. The Morgan fingerprint density at radius 3 is 2.50 bits per heavy atom. The number of nitrogens with zero attached hydrogens (tertiary/aromatic N) is 4. The second-order valence-electron chi connectivity index (χ2n) is 5.72. The van der Waals surface area contributed by atoms with E-state index in [1.807, 2.05) is 6.07 Å². The largest absolute Gasteiger partial charge is 0.175 e. The second kappa shape index (κ2) is 6.10.